The van der Waals surface area contributed by atoms with Crippen molar-refractivity contribution in [2.45, 2.75) is 52.4 Å². The summed E-state index contributed by atoms with van der Waals surface area (Å²) < 4.78 is 0. The second-order valence-corrected chi connectivity index (χ2v) is 11.6. The summed E-state index contributed by atoms with van der Waals surface area (Å²) in [6, 6.07) is 20.1. The van der Waals surface area contributed by atoms with Crippen LogP contribution in [0.2, 0.25) is 0 Å². The first kappa shape index (κ1) is 24.6. The van der Waals surface area contributed by atoms with E-state index in [9.17, 15) is 21.0 Å². The van der Waals surface area contributed by atoms with Gasteiger partial charge in [-0.05, 0) is 45.2 Å². The first-order valence-corrected chi connectivity index (χ1v) is 12.3. The summed E-state index contributed by atoms with van der Waals surface area (Å²) in [7, 11) is 0. The Balaban J connectivity index is 1.89. The number of fused-ring (bicyclic) bond motifs is 6. The van der Waals surface area contributed by atoms with Gasteiger partial charge >= 0.3 is 0 Å². The van der Waals surface area contributed by atoms with Crippen LogP contribution in [0.4, 0.5) is 0 Å². The minimum absolute atomic E-state index is 0.0304. The van der Waals surface area contributed by atoms with Gasteiger partial charge in [-0.15, -0.1) is 0 Å². The highest BCUT2D eigenvalue weighted by atomic mass is 14.9. The highest BCUT2D eigenvalue weighted by Gasteiger charge is 2.37. The van der Waals surface area contributed by atoms with Gasteiger partial charge in [-0.25, -0.2) is 9.97 Å². The van der Waals surface area contributed by atoms with Crippen molar-refractivity contribution >= 4 is 11.1 Å². The molecule has 6 nitrogen and oxygen atoms in total. The van der Waals surface area contributed by atoms with Gasteiger partial charge in [-0.3, -0.25) is 0 Å². The second kappa shape index (κ2) is 8.24. The molecule has 0 radical (unpaired) electrons. The number of hydrogen-bond donors (Lipinski definition) is 0. The van der Waals surface area contributed by atoms with Gasteiger partial charge in [0, 0.05) is 22.3 Å². The highest BCUT2D eigenvalue weighted by molar-refractivity contribution is 6.06. The highest BCUT2D eigenvalue weighted by Crippen LogP contribution is 2.51. The van der Waals surface area contributed by atoms with E-state index in [1.807, 2.05) is 60.7 Å². The molecular weight excluding hydrogens is 468 g/mol. The van der Waals surface area contributed by atoms with Gasteiger partial charge in [0.25, 0.3) is 0 Å². The minimum atomic E-state index is -0.148. The molecule has 0 spiro atoms. The molecule has 38 heavy (non-hydrogen) atoms. The molecule has 0 saturated carbocycles. The third-order valence-electron chi connectivity index (χ3n) is 7.14. The van der Waals surface area contributed by atoms with Crippen LogP contribution in [0.1, 0.15) is 75.2 Å². The summed E-state index contributed by atoms with van der Waals surface area (Å²) in [5.41, 5.74) is 7.70. The van der Waals surface area contributed by atoms with Gasteiger partial charge in [0.15, 0.2) is 0 Å². The summed E-state index contributed by atoms with van der Waals surface area (Å²) in [4.78, 5) is 9.99. The van der Waals surface area contributed by atoms with E-state index >= 15 is 0 Å². The summed E-state index contributed by atoms with van der Waals surface area (Å²) in [6.45, 7) is 12.6. The van der Waals surface area contributed by atoms with Gasteiger partial charge in [-0.2, -0.15) is 21.0 Å². The van der Waals surface area contributed by atoms with Gasteiger partial charge in [-0.1, -0.05) is 65.8 Å². The quantitative estimate of drug-likeness (QED) is 0.221. The Bertz CT molecular complexity index is 1640. The average Bonchev–Trinajstić information content (AvgIpc) is 3.35. The smallest absolute Gasteiger partial charge is 0.139 e. The van der Waals surface area contributed by atoms with E-state index in [-0.39, 0.29) is 22.0 Å². The van der Waals surface area contributed by atoms with E-state index in [0.717, 1.165) is 33.4 Å². The molecule has 2 aliphatic rings. The van der Waals surface area contributed by atoms with Crippen LogP contribution in [0.5, 0.6) is 0 Å². The summed E-state index contributed by atoms with van der Waals surface area (Å²) in [5, 5.41) is 39.4. The normalized spacial score (nSPS) is 12.8. The van der Waals surface area contributed by atoms with Crippen LogP contribution in [0.25, 0.3) is 33.7 Å². The molecule has 3 aromatic rings. The molecule has 2 aromatic carbocycles. The van der Waals surface area contributed by atoms with E-state index in [1.54, 1.807) is 0 Å². The zero-order valence-corrected chi connectivity index (χ0v) is 22.1. The second-order valence-electron chi connectivity index (χ2n) is 11.6. The van der Waals surface area contributed by atoms with Crippen LogP contribution in [-0.4, -0.2) is 9.97 Å². The van der Waals surface area contributed by atoms with Crippen LogP contribution in [0, 0.1) is 45.3 Å². The molecule has 0 N–H and O–H groups in total. The van der Waals surface area contributed by atoms with Gasteiger partial charge < -0.3 is 0 Å². The number of rotatable bonds is 0. The molecular formula is C32H24N6. The van der Waals surface area contributed by atoms with E-state index < -0.39 is 0 Å². The number of hydrogen-bond acceptors (Lipinski definition) is 6. The molecule has 0 bridgehead atoms. The maximum absolute atomic E-state index is 9.85. The molecule has 182 valence electrons. The van der Waals surface area contributed by atoms with Crippen molar-refractivity contribution in [3.8, 4) is 46.8 Å². The van der Waals surface area contributed by atoms with Gasteiger partial charge in [0.2, 0.25) is 0 Å². The Labute approximate surface area is 222 Å². The van der Waals surface area contributed by atoms with Gasteiger partial charge in [0.05, 0.1) is 11.4 Å². The largest absolute Gasteiger partial charge is 0.243 e. The van der Waals surface area contributed by atoms with Crippen molar-refractivity contribution in [2.75, 3.05) is 0 Å². The third-order valence-corrected chi connectivity index (χ3v) is 7.14. The molecule has 1 heterocycles. The van der Waals surface area contributed by atoms with Crippen LogP contribution in [0.15, 0.2) is 47.5 Å². The Morgan fingerprint density at radius 1 is 0.526 bits per heavy atom. The Hall–Kier alpha value is -5.04. The fourth-order valence-corrected chi connectivity index (χ4v) is 5.04. The van der Waals surface area contributed by atoms with E-state index in [0.29, 0.717) is 33.9 Å². The fourth-order valence-electron chi connectivity index (χ4n) is 5.04. The monoisotopic (exact) mass is 492 g/mol. The SMILES string of the molecule is CC(C)(C)c1ccc2c(c1)C(=C(C#N)C#N)c1nc3c(nc1-2)C(=C(C#N)C#N)c1cc(C(C)(C)C)ccc1-3. The molecule has 0 amide bonds. The van der Waals surface area contributed by atoms with Crippen LogP contribution in [0.3, 0.4) is 0 Å². The molecule has 5 rings (SSSR count). The zero-order valence-electron chi connectivity index (χ0n) is 22.1. The van der Waals surface area contributed by atoms with Crippen LogP contribution < -0.4 is 0 Å². The summed E-state index contributed by atoms with van der Waals surface area (Å²) in [5.74, 6) is 0. The molecule has 0 atom stereocenters. The fraction of sp³-hybridized carbons (Fsp3) is 0.250. The first-order chi connectivity index (χ1) is 17.9. The van der Waals surface area contributed by atoms with Crippen molar-refractivity contribution in [2.24, 2.45) is 0 Å². The molecule has 0 fully saturated rings. The standard InChI is InChI=1S/C32H24N6/c1-31(2,3)19-7-9-21-23(11-19)25(17(13-33)14-34)29-27(21)37-30-26(18(15-35)16-36)24-12-20(32(4,5)6)8-10-22(24)28(30)38-29/h7-12H,1-6H3. The lowest BCUT2D eigenvalue weighted by molar-refractivity contribution is 0.590. The predicted octanol–water partition coefficient (Wildman–Crippen LogP) is 6.73. The number of nitrogens with zero attached hydrogens (tertiary/aromatic N) is 6. The Morgan fingerprint density at radius 2 is 0.868 bits per heavy atom. The molecule has 0 saturated heterocycles. The molecule has 1 aromatic heterocycles. The van der Waals surface area contributed by atoms with Gasteiger partial charge in [0.1, 0.15) is 46.8 Å². The van der Waals surface area contributed by atoms with Crippen LogP contribution in [-0.2, 0) is 10.8 Å². The maximum atomic E-state index is 9.85. The van der Waals surface area contributed by atoms with Crippen molar-refractivity contribution in [1.29, 1.82) is 21.0 Å². The molecule has 6 heteroatoms. The summed E-state index contributed by atoms with van der Waals surface area (Å²) in [6.07, 6.45) is 0. The average molecular weight is 493 g/mol. The predicted molar refractivity (Wildman–Crippen MR) is 145 cm³/mol. The molecule has 0 unspecified atom stereocenters. The van der Waals surface area contributed by atoms with Crippen molar-refractivity contribution in [3.63, 3.8) is 0 Å². The number of benzene rings is 2. The Kier molecular flexibility index (Phi) is 5.35. The molecule has 0 aliphatic heterocycles. The molecule has 2 aliphatic carbocycles. The van der Waals surface area contributed by atoms with E-state index in [2.05, 4.69) is 41.5 Å². The minimum Gasteiger partial charge on any atom is -0.243 e. The lowest BCUT2D eigenvalue weighted by atomic mass is 9.84. The van der Waals surface area contributed by atoms with E-state index in [4.69, 9.17) is 9.97 Å². The lowest BCUT2D eigenvalue weighted by Crippen LogP contribution is -2.11. The number of aromatic nitrogens is 2. The topological polar surface area (TPSA) is 121 Å². The van der Waals surface area contributed by atoms with Crippen LogP contribution >= 0.6 is 0 Å². The lowest BCUT2D eigenvalue weighted by Gasteiger charge is -2.20. The maximum Gasteiger partial charge on any atom is 0.139 e. The number of allylic oxidation sites excluding steroid dienone is 2. The first-order valence-electron chi connectivity index (χ1n) is 12.3. The summed E-state index contributed by atoms with van der Waals surface area (Å²) >= 11 is 0. The number of nitriles is 4. The third kappa shape index (κ3) is 3.51. The zero-order chi connectivity index (χ0) is 27.6. The van der Waals surface area contributed by atoms with Crippen molar-refractivity contribution in [1.82, 2.24) is 9.97 Å². The van der Waals surface area contributed by atoms with Crippen molar-refractivity contribution < 1.29 is 0 Å². The Morgan fingerprint density at radius 3 is 1.16 bits per heavy atom. The van der Waals surface area contributed by atoms with Crippen molar-refractivity contribution in [3.05, 3.63) is 81.2 Å². The van der Waals surface area contributed by atoms with E-state index in [1.165, 1.54) is 0 Å².